The normalized spacial score (nSPS) is 20.3. The van der Waals surface area contributed by atoms with Crippen molar-refractivity contribution in [2.45, 2.75) is 37.6 Å². The van der Waals surface area contributed by atoms with Crippen molar-refractivity contribution in [3.05, 3.63) is 34.2 Å². The number of aromatic nitrogens is 2. The first-order chi connectivity index (χ1) is 20.9. The number of amides is 3. The Morgan fingerprint density at radius 1 is 1.29 bits per heavy atom. The summed E-state index contributed by atoms with van der Waals surface area (Å²) in [5.74, 6) is -5.77. The first-order valence-electron chi connectivity index (χ1n) is 12.4. The number of nitrogens with zero attached hydrogens (tertiary/aromatic N) is 5. The number of aliphatic carboxylic acids is 1. The molecule has 23 heteroatoms. The highest BCUT2D eigenvalue weighted by Gasteiger charge is 2.54. The van der Waals surface area contributed by atoms with Gasteiger partial charge in [-0.15, -0.1) is 0 Å². The molecule has 2 aliphatic heterocycles. The number of carboxylic acids is 1. The molecule has 0 radical (unpaired) electrons. The Morgan fingerprint density at radius 3 is 2.58 bits per heavy atom. The molecule has 4 rings (SSSR count). The predicted molar refractivity (Wildman–Crippen MR) is 150 cm³/mol. The molecule has 21 nitrogen and oxygen atoms in total. The fourth-order valence-electron chi connectivity index (χ4n) is 3.85. The van der Waals surface area contributed by atoms with Crippen molar-refractivity contribution in [3.8, 4) is 17.2 Å². The molecule has 8 N–H and O–H groups in total. The molecular weight excluding hydrogens is 648 g/mol. The van der Waals surface area contributed by atoms with E-state index >= 15 is 0 Å². The average Bonchev–Trinajstić information content (AvgIpc) is 3.60. The smallest absolute Gasteiger partial charge is 0.362 e. The van der Waals surface area contributed by atoms with Crippen LogP contribution >= 0.6 is 11.8 Å². The van der Waals surface area contributed by atoms with Crippen molar-refractivity contribution in [3.63, 3.8) is 0 Å². The van der Waals surface area contributed by atoms with Gasteiger partial charge in [0.1, 0.15) is 17.8 Å². The van der Waals surface area contributed by atoms with Gasteiger partial charge >= 0.3 is 16.3 Å². The molecule has 0 aromatic carbocycles. The van der Waals surface area contributed by atoms with Gasteiger partial charge in [-0.2, -0.15) is 13.1 Å². The minimum absolute atomic E-state index is 0.00969. The molecule has 0 aliphatic carbocycles. The fourth-order valence-corrected chi connectivity index (χ4v) is 5.50. The van der Waals surface area contributed by atoms with E-state index in [0.717, 1.165) is 37.7 Å². The number of rotatable bonds is 11. The topological polar surface area (TPSA) is 319 Å². The fraction of sp³-hybridized carbons (Fsp3) is 0.364. The second-order valence-corrected chi connectivity index (χ2v) is 12.2. The number of pyridine rings is 1. The average molecular weight is 673 g/mol. The maximum atomic E-state index is 13.2. The summed E-state index contributed by atoms with van der Waals surface area (Å²) in [5, 5.41) is 40.3. The van der Waals surface area contributed by atoms with E-state index in [9.17, 15) is 52.4 Å². The second kappa shape index (κ2) is 12.1. The lowest BCUT2D eigenvalue weighted by Crippen LogP contribution is -2.74. The Bertz CT molecular complexity index is 1800. The molecule has 0 saturated carbocycles. The van der Waals surface area contributed by atoms with Crippen molar-refractivity contribution in [1.82, 2.24) is 24.8 Å². The molecule has 3 atom stereocenters. The molecule has 242 valence electrons. The van der Waals surface area contributed by atoms with E-state index in [0.29, 0.717) is 10.9 Å². The molecule has 4 heterocycles. The van der Waals surface area contributed by atoms with Crippen molar-refractivity contribution in [2.75, 3.05) is 12.3 Å². The van der Waals surface area contributed by atoms with Crippen molar-refractivity contribution >= 4 is 56.6 Å². The van der Waals surface area contributed by atoms with Gasteiger partial charge in [0.05, 0.1) is 12.2 Å². The molecule has 2 aromatic heterocycles. The molecule has 1 saturated heterocycles. The van der Waals surface area contributed by atoms with Crippen LogP contribution < -0.4 is 21.8 Å². The molecule has 0 spiro atoms. The van der Waals surface area contributed by atoms with Crippen LogP contribution in [0, 0.1) is 0 Å². The molecule has 1 unspecified atom stereocenters. The molecule has 45 heavy (non-hydrogen) atoms. The summed E-state index contributed by atoms with van der Waals surface area (Å²) < 4.78 is 38.6. The first-order valence-corrected chi connectivity index (χ1v) is 14.8. The number of oxime groups is 1. The van der Waals surface area contributed by atoms with Crippen LogP contribution in [0.5, 0.6) is 5.75 Å². The van der Waals surface area contributed by atoms with Gasteiger partial charge in [0.15, 0.2) is 28.1 Å². The number of hydrogen-bond acceptors (Lipinski definition) is 16. The minimum Gasteiger partial charge on any atom is -0.503 e. The zero-order chi connectivity index (χ0) is 33.4. The van der Waals surface area contributed by atoms with Crippen LogP contribution in [0.1, 0.15) is 24.3 Å². The standard InChI is InChI=1S/C22H24N8O13S2/c1-22(2,20(36)37)43-28-15(9-7-44-21(23)25-9)18(34)26-16-11(30(19(16)35)45(39,40)41)5-24-17(33)8-3-14(42-27-8)10-4-12(31)13(32)6-29(10)38/h3-4,6,9,11,16,32,38H,5,7H2,1-2H3,(H2,23,25)(H,24,33)(H,26,34)(H,36,37)(H,39,40,41)/b28-15-/t9?,11-,16+/m1/s1. The lowest BCUT2D eigenvalue weighted by atomic mass is 9.98. The molecule has 0 bridgehead atoms. The Labute approximate surface area is 255 Å². The van der Waals surface area contributed by atoms with E-state index in [1.54, 1.807) is 0 Å². The van der Waals surface area contributed by atoms with Gasteiger partial charge in [0.2, 0.25) is 11.0 Å². The largest absolute Gasteiger partial charge is 0.503 e. The summed E-state index contributed by atoms with van der Waals surface area (Å²) in [6.07, 6.45) is 0.675. The van der Waals surface area contributed by atoms with Gasteiger partial charge in [-0.05, 0) is 13.8 Å². The predicted octanol–water partition coefficient (Wildman–Crippen LogP) is -2.66. The van der Waals surface area contributed by atoms with E-state index in [4.69, 9.17) is 15.1 Å². The number of nitrogens with one attached hydrogen (secondary N) is 2. The third-order valence-corrected chi connectivity index (χ3v) is 8.12. The van der Waals surface area contributed by atoms with Gasteiger partial charge in [-0.1, -0.05) is 22.1 Å². The highest BCUT2D eigenvalue weighted by Crippen LogP contribution is 2.25. The van der Waals surface area contributed by atoms with Gasteiger partial charge in [0.25, 0.3) is 17.7 Å². The summed E-state index contributed by atoms with van der Waals surface area (Å²) >= 11 is 1.05. The van der Waals surface area contributed by atoms with E-state index in [-0.39, 0.29) is 26.7 Å². The summed E-state index contributed by atoms with van der Waals surface area (Å²) in [6, 6.07) is -2.47. The number of amidine groups is 1. The maximum absolute atomic E-state index is 13.2. The Morgan fingerprint density at radius 2 is 1.98 bits per heavy atom. The summed E-state index contributed by atoms with van der Waals surface area (Å²) in [7, 11) is -5.17. The quantitative estimate of drug-likeness (QED) is 0.0421. The van der Waals surface area contributed by atoms with Crippen molar-refractivity contribution in [2.24, 2.45) is 15.9 Å². The molecule has 2 aliphatic rings. The lowest BCUT2D eigenvalue weighted by Gasteiger charge is -2.44. The van der Waals surface area contributed by atoms with Gasteiger partial charge < -0.3 is 41.1 Å². The number of carboxylic acid groups (broad SMARTS) is 1. The summed E-state index contributed by atoms with van der Waals surface area (Å²) in [5.41, 5.74) is 1.69. The van der Waals surface area contributed by atoms with Crippen LogP contribution in [0.4, 0.5) is 0 Å². The van der Waals surface area contributed by atoms with Crippen LogP contribution in [0.25, 0.3) is 11.5 Å². The SMILES string of the molecule is CC(C)(O/N=C(\C(=O)N[C@@H]1C(=O)N(S(=O)(=O)O)[C@@H]1CNC(=O)c1cc(-c2cc(=O)c(O)cn2O)on1)C1CSC(N)=N1)C(=O)O. The molecule has 1 fully saturated rings. The third-order valence-electron chi connectivity index (χ3n) is 6.29. The van der Waals surface area contributed by atoms with Gasteiger partial charge in [0, 0.05) is 24.4 Å². The Balaban J connectivity index is 1.52. The summed E-state index contributed by atoms with van der Waals surface area (Å²) in [4.78, 5) is 70.8. The van der Waals surface area contributed by atoms with Crippen LogP contribution in [0.3, 0.4) is 0 Å². The number of thioether (sulfide) groups is 1. The van der Waals surface area contributed by atoms with Crippen LogP contribution in [-0.2, 0) is 29.5 Å². The maximum Gasteiger partial charge on any atom is 0.362 e. The second-order valence-electron chi connectivity index (χ2n) is 9.85. The number of aliphatic imine (C=N–C) groups is 1. The molecule has 3 amide bonds. The van der Waals surface area contributed by atoms with Gasteiger partial charge in [-0.25, -0.2) is 9.10 Å². The molecule has 2 aromatic rings. The van der Waals surface area contributed by atoms with E-state index < -0.39 is 86.9 Å². The summed E-state index contributed by atoms with van der Waals surface area (Å²) in [6.45, 7) is 1.62. The Hall–Kier alpha value is -5.16. The van der Waals surface area contributed by atoms with Crippen LogP contribution in [0.2, 0.25) is 0 Å². The van der Waals surface area contributed by atoms with E-state index in [1.807, 2.05) is 0 Å². The van der Waals surface area contributed by atoms with Crippen molar-refractivity contribution in [1.29, 1.82) is 0 Å². The Kier molecular flexibility index (Phi) is 8.79. The molecular formula is C22H24N8O13S2. The van der Waals surface area contributed by atoms with Crippen molar-refractivity contribution < 1.29 is 56.9 Å². The highest BCUT2D eigenvalue weighted by atomic mass is 32.2. The third kappa shape index (κ3) is 6.83. The lowest BCUT2D eigenvalue weighted by molar-refractivity contribution is -0.161. The minimum atomic E-state index is -5.17. The van der Waals surface area contributed by atoms with E-state index in [1.165, 1.54) is 0 Å². The number of β-lactam (4-membered cyclic amide) rings is 1. The van der Waals surface area contributed by atoms with E-state index in [2.05, 4.69) is 25.9 Å². The zero-order valence-corrected chi connectivity index (χ0v) is 24.6. The number of hydrogen-bond donors (Lipinski definition) is 7. The van der Waals surface area contributed by atoms with Crippen LogP contribution in [-0.4, -0.2) is 113 Å². The zero-order valence-electron chi connectivity index (χ0n) is 23.0. The number of nitrogens with two attached hydrogens (primary N) is 1. The number of carbonyl (C=O) groups is 4. The number of carbonyl (C=O) groups excluding carboxylic acids is 3. The van der Waals surface area contributed by atoms with Gasteiger partial charge in [-0.3, -0.25) is 28.7 Å². The number of aromatic hydroxyl groups is 1. The monoisotopic (exact) mass is 672 g/mol. The highest BCUT2D eigenvalue weighted by molar-refractivity contribution is 8.14. The first kappa shape index (κ1) is 32.7. The van der Waals surface area contributed by atoms with Crippen LogP contribution in [0.15, 0.2) is 37.8 Å².